The molecule has 1 aromatic rings. The number of carboxylic acid groups (broad SMARTS) is 1. The first-order chi connectivity index (χ1) is 9.60. The lowest BCUT2D eigenvalue weighted by Crippen LogP contribution is -2.44. The van der Waals surface area contributed by atoms with E-state index in [0.29, 0.717) is 10.6 Å². The molecule has 0 fully saturated rings. The quantitative estimate of drug-likeness (QED) is 0.813. The number of carboxylic acids is 1. The van der Waals surface area contributed by atoms with Crippen LogP contribution in [0.3, 0.4) is 0 Å². The van der Waals surface area contributed by atoms with E-state index >= 15 is 0 Å². The van der Waals surface area contributed by atoms with Gasteiger partial charge in [-0.2, -0.15) is 0 Å². The normalized spacial score (nSPS) is 12.7. The number of rotatable bonds is 6. The van der Waals surface area contributed by atoms with E-state index in [1.54, 1.807) is 18.2 Å². The lowest BCUT2D eigenvalue weighted by atomic mass is 10.2. The van der Waals surface area contributed by atoms with Gasteiger partial charge in [0, 0.05) is 11.9 Å². The molecule has 0 saturated heterocycles. The van der Waals surface area contributed by atoms with E-state index in [0.717, 1.165) is 12.5 Å². The van der Waals surface area contributed by atoms with Crippen LogP contribution in [0.25, 0.3) is 0 Å². The third-order valence-corrected chi connectivity index (χ3v) is 4.62. The Balaban J connectivity index is 2.90. The van der Waals surface area contributed by atoms with Crippen molar-refractivity contribution >= 4 is 33.3 Å². The van der Waals surface area contributed by atoms with Crippen molar-refractivity contribution in [2.24, 2.45) is 0 Å². The molecule has 0 spiro atoms. The molecule has 2 N–H and O–H groups in total. The molecule has 0 aliphatic carbocycles. The van der Waals surface area contributed by atoms with E-state index in [1.807, 2.05) is 6.92 Å². The highest BCUT2D eigenvalue weighted by molar-refractivity contribution is 7.90. The van der Waals surface area contributed by atoms with Gasteiger partial charge in [0.15, 0.2) is 9.84 Å². The average molecular weight is 334 g/mol. The largest absolute Gasteiger partial charge is 0.480 e. The summed E-state index contributed by atoms with van der Waals surface area (Å²) in [7, 11) is -3.74. The Morgan fingerprint density at radius 1 is 1.38 bits per heavy atom. The lowest BCUT2D eigenvalue weighted by molar-refractivity contribution is -0.140. The van der Waals surface area contributed by atoms with Crippen LogP contribution in [0, 0.1) is 6.92 Å². The molecule has 0 heterocycles. The Morgan fingerprint density at radius 2 is 2.00 bits per heavy atom. The fraction of sp³-hybridized carbons (Fsp3) is 0.385. The van der Waals surface area contributed by atoms with E-state index < -0.39 is 33.5 Å². The number of benzene rings is 1. The number of halogens is 1. The van der Waals surface area contributed by atoms with Crippen molar-refractivity contribution in [2.45, 2.75) is 25.6 Å². The Kier molecular flexibility index (Phi) is 5.74. The number of hydrogen-bond donors (Lipinski definition) is 2. The Bertz CT molecular complexity index is 657. The summed E-state index contributed by atoms with van der Waals surface area (Å²) >= 11 is 5.97. The van der Waals surface area contributed by atoms with Gasteiger partial charge in [0.25, 0.3) is 0 Å². The number of aryl methyl sites for hydroxylation is 1. The molecule has 0 aromatic heterocycles. The van der Waals surface area contributed by atoms with Crippen LogP contribution in [-0.2, 0) is 25.2 Å². The van der Waals surface area contributed by atoms with Gasteiger partial charge >= 0.3 is 5.97 Å². The molecule has 0 bridgehead atoms. The van der Waals surface area contributed by atoms with Crippen LogP contribution >= 0.6 is 11.6 Å². The van der Waals surface area contributed by atoms with Crippen molar-refractivity contribution in [3.05, 3.63) is 34.3 Å². The zero-order chi connectivity index (χ0) is 16.2. The fourth-order valence-electron chi connectivity index (χ4n) is 1.74. The Labute approximate surface area is 128 Å². The van der Waals surface area contributed by atoms with Gasteiger partial charge in [-0.1, -0.05) is 23.7 Å². The predicted octanol–water partition coefficient (Wildman–Crippen LogP) is 1.15. The number of hydrogen-bond acceptors (Lipinski definition) is 4. The molecule has 0 aliphatic heterocycles. The van der Waals surface area contributed by atoms with Crippen LogP contribution in [0.5, 0.6) is 0 Å². The molecular weight excluding hydrogens is 318 g/mol. The van der Waals surface area contributed by atoms with Crippen LogP contribution in [0.1, 0.15) is 18.1 Å². The van der Waals surface area contributed by atoms with Crippen LogP contribution < -0.4 is 5.32 Å². The molecule has 116 valence electrons. The Morgan fingerprint density at radius 3 is 2.48 bits per heavy atom. The van der Waals surface area contributed by atoms with Crippen LogP contribution in [0.15, 0.2) is 18.2 Å². The zero-order valence-corrected chi connectivity index (χ0v) is 13.2. The second-order valence-corrected chi connectivity index (χ2v) is 7.26. The molecule has 1 atom stereocenters. The number of aliphatic carboxylic acids is 1. The van der Waals surface area contributed by atoms with Crippen LogP contribution in [-0.4, -0.2) is 37.2 Å². The summed E-state index contributed by atoms with van der Waals surface area (Å²) in [4.78, 5) is 21.9. The maximum absolute atomic E-state index is 12.1. The Hall–Kier alpha value is -1.60. The van der Waals surface area contributed by atoms with Gasteiger partial charge in [-0.15, -0.1) is 0 Å². The van der Waals surface area contributed by atoms with Crippen molar-refractivity contribution in [2.75, 3.05) is 5.75 Å². The van der Waals surface area contributed by atoms with E-state index in [4.69, 9.17) is 16.7 Å². The molecule has 21 heavy (non-hydrogen) atoms. The summed E-state index contributed by atoms with van der Waals surface area (Å²) in [6.45, 7) is 2.95. The van der Waals surface area contributed by atoms with Crippen molar-refractivity contribution in [3.63, 3.8) is 0 Å². The van der Waals surface area contributed by atoms with E-state index in [9.17, 15) is 18.0 Å². The number of carbonyl (C=O) groups excluding carboxylic acids is 1. The smallest absolute Gasteiger partial charge is 0.327 e. The SMILES string of the molecule is CC(=O)NC(CS(=O)(=O)Cc1ccc(C)cc1Cl)C(=O)O. The van der Waals surface area contributed by atoms with Crippen LogP contribution in [0.4, 0.5) is 0 Å². The lowest BCUT2D eigenvalue weighted by Gasteiger charge is -2.14. The summed E-state index contributed by atoms with van der Waals surface area (Å²) in [5.74, 6) is -3.07. The van der Waals surface area contributed by atoms with Crippen molar-refractivity contribution < 1.29 is 23.1 Å². The highest BCUT2D eigenvalue weighted by Gasteiger charge is 2.26. The minimum absolute atomic E-state index is 0.310. The second kappa shape index (κ2) is 6.91. The van der Waals surface area contributed by atoms with Gasteiger partial charge in [-0.3, -0.25) is 4.79 Å². The van der Waals surface area contributed by atoms with E-state index in [-0.39, 0.29) is 5.75 Å². The van der Waals surface area contributed by atoms with E-state index in [2.05, 4.69) is 5.32 Å². The number of carbonyl (C=O) groups is 2. The van der Waals surface area contributed by atoms with Gasteiger partial charge in [-0.25, -0.2) is 13.2 Å². The molecule has 0 aliphatic rings. The maximum atomic E-state index is 12.1. The molecule has 0 saturated carbocycles. The summed E-state index contributed by atoms with van der Waals surface area (Å²) in [5, 5.41) is 11.3. The van der Waals surface area contributed by atoms with Gasteiger partial charge < -0.3 is 10.4 Å². The number of nitrogens with one attached hydrogen (secondary N) is 1. The zero-order valence-electron chi connectivity index (χ0n) is 11.6. The minimum atomic E-state index is -3.74. The third kappa shape index (κ3) is 5.73. The fourth-order valence-corrected chi connectivity index (χ4v) is 3.70. The maximum Gasteiger partial charge on any atom is 0.327 e. The molecule has 0 radical (unpaired) electrons. The predicted molar refractivity (Wildman–Crippen MR) is 78.9 cm³/mol. The van der Waals surface area contributed by atoms with Gasteiger partial charge in [0.1, 0.15) is 6.04 Å². The first-order valence-electron chi connectivity index (χ1n) is 6.06. The average Bonchev–Trinajstić information content (AvgIpc) is 2.31. The van der Waals surface area contributed by atoms with Crippen molar-refractivity contribution in [1.82, 2.24) is 5.32 Å². The highest BCUT2D eigenvalue weighted by Crippen LogP contribution is 2.20. The monoisotopic (exact) mass is 333 g/mol. The summed E-state index contributed by atoms with van der Waals surface area (Å²) in [6.07, 6.45) is 0. The summed E-state index contributed by atoms with van der Waals surface area (Å²) < 4.78 is 24.1. The van der Waals surface area contributed by atoms with Crippen molar-refractivity contribution in [3.8, 4) is 0 Å². The molecule has 8 heteroatoms. The van der Waals surface area contributed by atoms with Gasteiger partial charge in [0.2, 0.25) is 5.91 Å². The van der Waals surface area contributed by atoms with E-state index in [1.165, 1.54) is 0 Å². The molecule has 1 unspecified atom stereocenters. The first kappa shape index (κ1) is 17.5. The molecular formula is C13H16ClNO5S. The van der Waals surface area contributed by atoms with Gasteiger partial charge in [0.05, 0.1) is 11.5 Å². The van der Waals surface area contributed by atoms with Crippen LogP contribution in [0.2, 0.25) is 5.02 Å². The topological polar surface area (TPSA) is 101 Å². The third-order valence-electron chi connectivity index (χ3n) is 2.68. The van der Waals surface area contributed by atoms with Gasteiger partial charge in [-0.05, 0) is 24.1 Å². The highest BCUT2D eigenvalue weighted by atomic mass is 35.5. The molecule has 6 nitrogen and oxygen atoms in total. The molecule has 1 rings (SSSR count). The number of sulfone groups is 1. The second-order valence-electron chi connectivity index (χ2n) is 4.74. The minimum Gasteiger partial charge on any atom is -0.480 e. The molecule has 1 amide bonds. The van der Waals surface area contributed by atoms with Crippen molar-refractivity contribution in [1.29, 1.82) is 0 Å². The summed E-state index contributed by atoms with van der Waals surface area (Å²) in [6, 6.07) is 3.47. The number of amides is 1. The summed E-state index contributed by atoms with van der Waals surface area (Å²) in [5.41, 5.74) is 1.29. The first-order valence-corrected chi connectivity index (χ1v) is 8.26. The standard InChI is InChI=1S/C13H16ClNO5S/c1-8-3-4-10(11(14)5-8)6-21(19,20)7-12(13(17)18)15-9(2)16/h3-5,12H,6-7H2,1-2H3,(H,15,16)(H,17,18). The molecule has 1 aromatic carbocycles.